The maximum atomic E-state index is 11.7. The first-order valence-electron chi connectivity index (χ1n) is 4.87. The van der Waals surface area contributed by atoms with E-state index in [4.69, 9.17) is 0 Å². The van der Waals surface area contributed by atoms with Crippen LogP contribution in [0.1, 0.15) is 9.67 Å². The van der Waals surface area contributed by atoms with E-state index < -0.39 is 10.0 Å². The van der Waals surface area contributed by atoms with Gasteiger partial charge in [-0.05, 0) is 37.9 Å². The van der Waals surface area contributed by atoms with Crippen molar-refractivity contribution in [1.82, 2.24) is 9.62 Å². The molecule has 0 unspecified atom stereocenters. The molecule has 0 aromatic carbocycles. The quantitative estimate of drug-likeness (QED) is 0.792. The Kier molecular flexibility index (Phi) is 5.78. The van der Waals surface area contributed by atoms with Crippen LogP contribution in [0.4, 0.5) is 0 Å². The Labute approximate surface area is 127 Å². The van der Waals surface area contributed by atoms with Crippen LogP contribution in [0.3, 0.4) is 0 Å². The van der Waals surface area contributed by atoms with Gasteiger partial charge in [0, 0.05) is 25.1 Å². The van der Waals surface area contributed by atoms with Gasteiger partial charge in [-0.15, -0.1) is 11.3 Å². The summed E-state index contributed by atoms with van der Waals surface area (Å²) < 4.78 is 25.7. The Bertz CT molecular complexity index is 521. The summed E-state index contributed by atoms with van der Waals surface area (Å²) in [4.78, 5) is 12.2. The number of rotatable bonds is 5. The Hall–Kier alpha value is 0.0400. The molecule has 9 heteroatoms. The van der Waals surface area contributed by atoms with Gasteiger partial charge in [0.2, 0.25) is 10.0 Å². The van der Waals surface area contributed by atoms with Gasteiger partial charge < -0.3 is 5.32 Å². The zero-order chi connectivity index (χ0) is 13.9. The molecule has 0 saturated carbocycles. The average Bonchev–Trinajstić information content (AvgIpc) is 2.58. The summed E-state index contributed by atoms with van der Waals surface area (Å²) in [5, 5.41) is 2.57. The van der Waals surface area contributed by atoms with E-state index in [9.17, 15) is 13.2 Å². The number of nitrogens with zero attached hydrogens (tertiary/aromatic N) is 1. The van der Waals surface area contributed by atoms with E-state index in [1.165, 1.54) is 25.4 Å². The Morgan fingerprint density at radius 1 is 1.44 bits per heavy atom. The van der Waals surface area contributed by atoms with Gasteiger partial charge in [0.05, 0.1) is 14.4 Å². The van der Waals surface area contributed by atoms with Crippen LogP contribution in [0.5, 0.6) is 0 Å². The lowest BCUT2D eigenvalue weighted by Gasteiger charge is -2.11. The van der Waals surface area contributed by atoms with Crippen molar-refractivity contribution in [1.29, 1.82) is 0 Å². The molecule has 18 heavy (non-hydrogen) atoms. The van der Waals surface area contributed by atoms with Crippen LogP contribution in [0, 0.1) is 0 Å². The van der Waals surface area contributed by atoms with Gasteiger partial charge in [0.15, 0.2) is 0 Å². The van der Waals surface area contributed by atoms with Gasteiger partial charge in [-0.1, -0.05) is 0 Å². The van der Waals surface area contributed by atoms with E-state index >= 15 is 0 Å². The normalized spacial score (nSPS) is 11.8. The van der Waals surface area contributed by atoms with Crippen molar-refractivity contribution < 1.29 is 13.2 Å². The van der Waals surface area contributed by atoms with Crippen molar-refractivity contribution in [2.24, 2.45) is 0 Å². The standard InChI is InChI=1S/C9H12Br2N2O3S2/c1-13(2)18(15,16)4-3-12-9(14)7-5-6(10)8(11)17-7/h5H,3-4H2,1-2H3,(H,12,14). The summed E-state index contributed by atoms with van der Waals surface area (Å²) in [7, 11) is -0.350. The lowest BCUT2D eigenvalue weighted by Crippen LogP contribution is -2.33. The van der Waals surface area contributed by atoms with Crippen molar-refractivity contribution in [3.63, 3.8) is 0 Å². The van der Waals surface area contributed by atoms with Crippen molar-refractivity contribution in [3.8, 4) is 0 Å². The fourth-order valence-corrected chi connectivity index (χ4v) is 3.70. The first-order chi connectivity index (χ1) is 8.24. The van der Waals surface area contributed by atoms with Gasteiger partial charge in [-0.3, -0.25) is 4.79 Å². The number of hydrogen-bond acceptors (Lipinski definition) is 4. The molecule has 0 aliphatic heterocycles. The summed E-state index contributed by atoms with van der Waals surface area (Å²) in [5.74, 6) is -0.389. The fourth-order valence-electron chi connectivity index (χ4n) is 1.02. The second kappa shape index (κ2) is 6.47. The van der Waals surface area contributed by atoms with Crippen LogP contribution >= 0.6 is 43.2 Å². The van der Waals surface area contributed by atoms with Crippen LogP contribution in [0.2, 0.25) is 0 Å². The molecule has 0 saturated heterocycles. The van der Waals surface area contributed by atoms with Gasteiger partial charge in [-0.25, -0.2) is 12.7 Å². The highest BCUT2D eigenvalue weighted by atomic mass is 79.9. The van der Waals surface area contributed by atoms with Crippen molar-refractivity contribution in [2.75, 3.05) is 26.4 Å². The highest BCUT2D eigenvalue weighted by Gasteiger charge is 2.15. The second-order valence-electron chi connectivity index (χ2n) is 3.59. The number of sulfonamides is 1. The number of carbonyl (C=O) groups is 1. The van der Waals surface area contributed by atoms with Crippen LogP contribution < -0.4 is 5.32 Å². The third kappa shape index (κ3) is 4.30. The molecule has 1 rings (SSSR count). The average molecular weight is 420 g/mol. The molecule has 0 spiro atoms. The molecule has 0 aliphatic rings. The SMILES string of the molecule is CN(C)S(=O)(=O)CCNC(=O)c1cc(Br)c(Br)s1. The van der Waals surface area contributed by atoms with Crippen LogP contribution in [0.25, 0.3) is 0 Å². The molecule has 0 bridgehead atoms. The molecule has 1 heterocycles. The highest BCUT2D eigenvalue weighted by Crippen LogP contribution is 2.32. The van der Waals surface area contributed by atoms with E-state index in [-0.39, 0.29) is 18.2 Å². The fraction of sp³-hybridized carbons (Fsp3) is 0.444. The second-order valence-corrected chi connectivity index (χ2v) is 9.11. The van der Waals surface area contributed by atoms with Crippen LogP contribution in [-0.4, -0.2) is 45.0 Å². The third-order valence-corrected chi connectivity index (χ3v) is 7.16. The number of thiophene rings is 1. The third-order valence-electron chi connectivity index (χ3n) is 2.07. The lowest BCUT2D eigenvalue weighted by atomic mass is 10.4. The molecule has 1 aromatic heterocycles. The number of amides is 1. The zero-order valence-corrected chi connectivity index (χ0v) is 14.5. The number of nitrogens with one attached hydrogen (secondary N) is 1. The Morgan fingerprint density at radius 2 is 2.06 bits per heavy atom. The number of halogens is 2. The van der Waals surface area contributed by atoms with Gasteiger partial charge >= 0.3 is 0 Å². The molecular formula is C9H12Br2N2O3S2. The molecule has 1 amide bonds. The van der Waals surface area contributed by atoms with Gasteiger partial charge in [0.1, 0.15) is 0 Å². The molecule has 0 atom stereocenters. The number of hydrogen-bond donors (Lipinski definition) is 1. The number of carbonyl (C=O) groups excluding carboxylic acids is 1. The van der Waals surface area contributed by atoms with Crippen LogP contribution in [0.15, 0.2) is 14.3 Å². The minimum Gasteiger partial charge on any atom is -0.350 e. The summed E-state index contributed by atoms with van der Waals surface area (Å²) in [6, 6.07) is 1.69. The Balaban J connectivity index is 2.53. The summed E-state index contributed by atoms with van der Waals surface area (Å²) in [6.07, 6.45) is 0. The van der Waals surface area contributed by atoms with Gasteiger partial charge in [0.25, 0.3) is 5.91 Å². The molecule has 5 nitrogen and oxygen atoms in total. The molecule has 102 valence electrons. The van der Waals surface area contributed by atoms with Crippen molar-refractivity contribution >= 4 is 59.1 Å². The minimum absolute atomic E-state index is 0.0898. The summed E-state index contributed by atoms with van der Waals surface area (Å²) in [6.45, 7) is 0.0898. The van der Waals surface area contributed by atoms with E-state index in [0.29, 0.717) is 4.88 Å². The van der Waals surface area contributed by atoms with Crippen molar-refractivity contribution in [3.05, 3.63) is 19.2 Å². The maximum Gasteiger partial charge on any atom is 0.261 e. The molecule has 1 aromatic rings. The molecular weight excluding hydrogens is 408 g/mol. The molecule has 0 radical (unpaired) electrons. The van der Waals surface area contributed by atoms with E-state index in [0.717, 1.165) is 12.6 Å². The highest BCUT2D eigenvalue weighted by molar-refractivity contribution is 9.13. The predicted molar refractivity (Wildman–Crippen MR) is 79.5 cm³/mol. The van der Waals surface area contributed by atoms with E-state index in [2.05, 4.69) is 37.2 Å². The van der Waals surface area contributed by atoms with Crippen molar-refractivity contribution in [2.45, 2.75) is 0 Å². The molecule has 1 N–H and O–H groups in total. The Morgan fingerprint density at radius 3 is 2.50 bits per heavy atom. The first-order valence-corrected chi connectivity index (χ1v) is 8.88. The predicted octanol–water partition coefficient (Wildman–Crippen LogP) is 1.89. The zero-order valence-electron chi connectivity index (χ0n) is 9.74. The maximum absolute atomic E-state index is 11.7. The summed E-state index contributed by atoms with van der Waals surface area (Å²) in [5.41, 5.74) is 0. The van der Waals surface area contributed by atoms with E-state index in [1.807, 2.05) is 0 Å². The minimum atomic E-state index is -3.28. The van der Waals surface area contributed by atoms with E-state index in [1.54, 1.807) is 6.07 Å². The van der Waals surface area contributed by atoms with Crippen LogP contribution in [-0.2, 0) is 10.0 Å². The topological polar surface area (TPSA) is 66.5 Å². The van der Waals surface area contributed by atoms with Gasteiger partial charge in [-0.2, -0.15) is 0 Å². The molecule has 0 fully saturated rings. The first kappa shape index (κ1) is 16.1. The smallest absolute Gasteiger partial charge is 0.261 e. The largest absolute Gasteiger partial charge is 0.350 e. The monoisotopic (exact) mass is 418 g/mol. The molecule has 0 aliphatic carbocycles. The summed E-state index contributed by atoms with van der Waals surface area (Å²) >= 11 is 7.86. The lowest BCUT2D eigenvalue weighted by molar-refractivity contribution is 0.0960.